The summed E-state index contributed by atoms with van der Waals surface area (Å²) in [5.41, 5.74) is 0.151. The standard InChI is InChI=1S/C17H25NO3/c1-5-21-14-10-13(11-18-12-14)15(19)17(20-4)8-6-16(2,3)7-9-17/h10-12H,5-9H2,1-4H3. The number of Topliss-reactive ketones (excluding diaryl/α,β-unsaturated/α-hetero) is 1. The molecule has 0 saturated heterocycles. The lowest BCUT2D eigenvalue weighted by Gasteiger charge is -2.41. The molecule has 1 aliphatic carbocycles. The van der Waals surface area contributed by atoms with Gasteiger partial charge in [-0.3, -0.25) is 9.78 Å². The monoisotopic (exact) mass is 291 g/mol. The van der Waals surface area contributed by atoms with Crippen LogP contribution in [0.3, 0.4) is 0 Å². The third kappa shape index (κ3) is 3.43. The molecule has 0 aliphatic heterocycles. The molecule has 4 heteroatoms. The van der Waals surface area contributed by atoms with Crippen molar-refractivity contribution in [1.29, 1.82) is 0 Å². The van der Waals surface area contributed by atoms with Crippen molar-refractivity contribution in [3.05, 3.63) is 24.0 Å². The highest BCUT2D eigenvalue weighted by Crippen LogP contribution is 2.43. The largest absolute Gasteiger partial charge is 0.492 e. The zero-order valence-corrected chi connectivity index (χ0v) is 13.4. The fourth-order valence-electron chi connectivity index (χ4n) is 2.91. The van der Waals surface area contributed by atoms with E-state index in [1.54, 1.807) is 25.6 Å². The number of aromatic nitrogens is 1. The number of hydrogen-bond donors (Lipinski definition) is 0. The van der Waals surface area contributed by atoms with E-state index in [-0.39, 0.29) is 11.2 Å². The molecule has 21 heavy (non-hydrogen) atoms. The molecular weight excluding hydrogens is 266 g/mol. The molecule has 0 spiro atoms. The number of methoxy groups -OCH3 is 1. The van der Waals surface area contributed by atoms with E-state index in [2.05, 4.69) is 18.8 Å². The first-order chi connectivity index (χ1) is 9.92. The Hall–Kier alpha value is -1.42. The number of ketones is 1. The zero-order valence-electron chi connectivity index (χ0n) is 13.4. The van der Waals surface area contributed by atoms with Gasteiger partial charge in [0.25, 0.3) is 0 Å². The van der Waals surface area contributed by atoms with Crippen LogP contribution in [-0.2, 0) is 4.74 Å². The number of hydrogen-bond acceptors (Lipinski definition) is 4. The summed E-state index contributed by atoms with van der Waals surface area (Å²) in [6, 6.07) is 1.76. The predicted octanol–water partition coefficient (Wildman–Crippen LogP) is 3.65. The van der Waals surface area contributed by atoms with E-state index in [1.807, 2.05) is 6.92 Å². The Balaban J connectivity index is 2.22. The summed E-state index contributed by atoms with van der Waals surface area (Å²) < 4.78 is 11.1. The molecule has 2 rings (SSSR count). The van der Waals surface area contributed by atoms with Gasteiger partial charge >= 0.3 is 0 Å². The van der Waals surface area contributed by atoms with E-state index in [4.69, 9.17) is 9.47 Å². The summed E-state index contributed by atoms with van der Waals surface area (Å²) in [5.74, 6) is 0.653. The van der Waals surface area contributed by atoms with Gasteiger partial charge in [-0.2, -0.15) is 0 Å². The van der Waals surface area contributed by atoms with Crippen LogP contribution in [-0.4, -0.2) is 30.1 Å². The first-order valence-electron chi connectivity index (χ1n) is 7.60. The van der Waals surface area contributed by atoms with Crippen molar-refractivity contribution >= 4 is 5.78 Å². The second-order valence-corrected chi connectivity index (χ2v) is 6.53. The van der Waals surface area contributed by atoms with Crippen molar-refractivity contribution < 1.29 is 14.3 Å². The second-order valence-electron chi connectivity index (χ2n) is 6.53. The number of pyridine rings is 1. The van der Waals surface area contributed by atoms with Crippen molar-refractivity contribution in [2.45, 2.75) is 52.1 Å². The third-order valence-electron chi connectivity index (χ3n) is 4.50. The molecule has 0 N–H and O–H groups in total. The minimum Gasteiger partial charge on any atom is -0.492 e. The van der Waals surface area contributed by atoms with E-state index in [1.165, 1.54) is 0 Å². The minimum atomic E-state index is -0.706. The van der Waals surface area contributed by atoms with Crippen molar-refractivity contribution in [3.8, 4) is 5.75 Å². The maximum atomic E-state index is 12.9. The number of carbonyl (C=O) groups excluding carboxylic acids is 1. The maximum Gasteiger partial charge on any atom is 0.196 e. The van der Waals surface area contributed by atoms with Crippen LogP contribution in [0.5, 0.6) is 5.75 Å². The predicted molar refractivity (Wildman–Crippen MR) is 81.7 cm³/mol. The Morgan fingerprint density at radius 1 is 1.24 bits per heavy atom. The molecule has 116 valence electrons. The second kappa shape index (κ2) is 6.14. The van der Waals surface area contributed by atoms with Gasteiger partial charge in [-0.05, 0) is 44.1 Å². The average Bonchev–Trinajstić information content (AvgIpc) is 2.48. The summed E-state index contributed by atoms with van der Waals surface area (Å²) in [4.78, 5) is 17.0. The third-order valence-corrected chi connectivity index (χ3v) is 4.50. The van der Waals surface area contributed by atoms with Gasteiger partial charge in [-0.1, -0.05) is 13.8 Å². The highest BCUT2D eigenvalue weighted by molar-refractivity contribution is 6.02. The Bertz CT molecular complexity index is 501. The van der Waals surface area contributed by atoms with Gasteiger partial charge in [0.1, 0.15) is 11.4 Å². The Kier molecular flexibility index (Phi) is 4.67. The molecule has 1 aliphatic rings. The van der Waals surface area contributed by atoms with Gasteiger partial charge in [0.2, 0.25) is 0 Å². The van der Waals surface area contributed by atoms with Crippen LogP contribution in [0.25, 0.3) is 0 Å². The number of carbonyl (C=O) groups is 1. The first kappa shape index (κ1) is 16.0. The van der Waals surface area contributed by atoms with Crippen LogP contribution >= 0.6 is 0 Å². The molecule has 4 nitrogen and oxygen atoms in total. The van der Waals surface area contributed by atoms with E-state index in [0.717, 1.165) is 25.7 Å². The van der Waals surface area contributed by atoms with Crippen LogP contribution < -0.4 is 4.74 Å². The van der Waals surface area contributed by atoms with Crippen LogP contribution in [0, 0.1) is 5.41 Å². The van der Waals surface area contributed by atoms with Gasteiger partial charge in [-0.15, -0.1) is 0 Å². The van der Waals surface area contributed by atoms with Crippen molar-refractivity contribution in [2.24, 2.45) is 5.41 Å². The fourth-order valence-corrected chi connectivity index (χ4v) is 2.91. The van der Waals surface area contributed by atoms with Crippen LogP contribution in [0.1, 0.15) is 56.8 Å². The molecular formula is C17H25NO3. The summed E-state index contributed by atoms with van der Waals surface area (Å²) in [6.45, 7) is 6.96. The van der Waals surface area contributed by atoms with Gasteiger partial charge < -0.3 is 9.47 Å². The van der Waals surface area contributed by atoms with E-state index >= 15 is 0 Å². The summed E-state index contributed by atoms with van der Waals surface area (Å²) >= 11 is 0. The highest BCUT2D eigenvalue weighted by Gasteiger charge is 2.44. The molecule has 0 radical (unpaired) electrons. The SMILES string of the molecule is CCOc1cncc(C(=O)C2(OC)CCC(C)(C)CC2)c1. The van der Waals surface area contributed by atoms with E-state index in [9.17, 15) is 4.79 Å². The quantitative estimate of drug-likeness (QED) is 0.777. The minimum absolute atomic E-state index is 0.0227. The van der Waals surface area contributed by atoms with E-state index in [0.29, 0.717) is 17.9 Å². The normalized spacial score (nSPS) is 20.0. The summed E-state index contributed by atoms with van der Waals surface area (Å²) in [5, 5.41) is 0. The number of ether oxygens (including phenoxy) is 2. The van der Waals surface area contributed by atoms with E-state index < -0.39 is 5.60 Å². The first-order valence-corrected chi connectivity index (χ1v) is 7.60. The van der Waals surface area contributed by atoms with Crippen molar-refractivity contribution in [1.82, 2.24) is 4.98 Å². The zero-order chi connectivity index (χ0) is 15.5. The van der Waals surface area contributed by atoms with Crippen molar-refractivity contribution in [3.63, 3.8) is 0 Å². The Labute approximate surface area is 126 Å². The van der Waals surface area contributed by atoms with Crippen LogP contribution in [0.2, 0.25) is 0 Å². The highest BCUT2D eigenvalue weighted by atomic mass is 16.5. The lowest BCUT2D eigenvalue weighted by Crippen LogP contribution is -2.45. The van der Waals surface area contributed by atoms with Crippen molar-refractivity contribution in [2.75, 3.05) is 13.7 Å². The Morgan fingerprint density at radius 3 is 2.48 bits per heavy atom. The summed E-state index contributed by atoms with van der Waals surface area (Å²) in [7, 11) is 1.63. The molecule has 0 amide bonds. The average molecular weight is 291 g/mol. The molecule has 0 bridgehead atoms. The molecule has 1 aromatic heterocycles. The lowest BCUT2D eigenvalue weighted by atomic mass is 9.69. The van der Waals surface area contributed by atoms with Crippen LogP contribution in [0.4, 0.5) is 0 Å². The fraction of sp³-hybridized carbons (Fsp3) is 0.647. The van der Waals surface area contributed by atoms with Gasteiger partial charge in [0.05, 0.1) is 12.8 Å². The molecule has 1 saturated carbocycles. The topological polar surface area (TPSA) is 48.4 Å². The molecule has 0 atom stereocenters. The molecule has 1 fully saturated rings. The molecule has 0 aromatic carbocycles. The Morgan fingerprint density at radius 2 is 1.90 bits per heavy atom. The van der Waals surface area contributed by atoms with Gasteiger partial charge in [-0.25, -0.2) is 0 Å². The molecule has 1 heterocycles. The molecule has 0 unspecified atom stereocenters. The van der Waals surface area contributed by atoms with Gasteiger partial charge in [0, 0.05) is 18.9 Å². The maximum absolute atomic E-state index is 12.9. The smallest absolute Gasteiger partial charge is 0.196 e. The lowest BCUT2D eigenvalue weighted by molar-refractivity contribution is -0.0383. The number of rotatable bonds is 5. The molecule has 1 aromatic rings. The number of nitrogens with zero attached hydrogens (tertiary/aromatic N) is 1. The van der Waals surface area contributed by atoms with Crippen LogP contribution in [0.15, 0.2) is 18.5 Å². The van der Waals surface area contributed by atoms with Gasteiger partial charge in [0.15, 0.2) is 5.78 Å². The summed E-state index contributed by atoms with van der Waals surface area (Å²) in [6.07, 6.45) is 6.73.